The van der Waals surface area contributed by atoms with E-state index < -0.39 is 11.9 Å². The normalized spacial score (nSPS) is 16.6. The Balaban J connectivity index is 0.000000286. The molecule has 0 aromatic carbocycles. The number of carbonyl (C=O) groups is 2. The largest absolute Gasteiger partial charge is 0.473 e. The first-order chi connectivity index (χ1) is 12.5. The highest BCUT2D eigenvalue weighted by atomic mass is 32.1. The molecule has 8 nitrogen and oxygen atoms in total. The number of nitrogens with one attached hydrogen (secondary N) is 1. The van der Waals surface area contributed by atoms with Gasteiger partial charge in [-0.15, -0.1) is 11.3 Å². The van der Waals surface area contributed by atoms with Crippen LogP contribution in [0, 0.1) is 6.92 Å². The van der Waals surface area contributed by atoms with Gasteiger partial charge in [-0.25, -0.2) is 19.6 Å². The van der Waals surface area contributed by atoms with E-state index in [0.717, 1.165) is 32.0 Å². The number of anilines is 1. The van der Waals surface area contributed by atoms with Gasteiger partial charge in [-0.3, -0.25) is 0 Å². The monoisotopic (exact) mass is 378 g/mol. The maximum Gasteiger partial charge on any atom is 0.414 e. The molecule has 1 fully saturated rings. The average molecular weight is 378 g/mol. The summed E-state index contributed by atoms with van der Waals surface area (Å²) in [6, 6.07) is 0. The number of aromatic nitrogens is 2. The average Bonchev–Trinajstić information content (AvgIpc) is 3.00. The molecule has 0 spiro atoms. The van der Waals surface area contributed by atoms with E-state index >= 15 is 0 Å². The fourth-order valence-electron chi connectivity index (χ4n) is 3.35. The summed E-state index contributed by atoms with van der Waals surface area (Å²) in [7, 11) is 0. The number of nitrogens with zero attached hydrogens (tertiary/aromatic N) is 3. The van der Waals surface area contributed by atoms with Crippen LogP contribution in [-0.2, 0) is 22.4 Å². The summed E-state index contributed by atoms with van der Waals surface area (Å²) in [6.45, 7) is 6.23. The Morgan fingerprint density at radius 1 is 1.08 bits per heavy atom. The Labute approximate surface area is 154 Å². The molecule has 3 heterocycles. The van der Waals surface area contributed by atoms with E-state index in [1.54, 1.807) is 10.4 Å². The summed E-state index contributed by atoms with van der Waals surface area (Å²) in [5.41, 5.74) is 1.55. The number of thiophene rings is 1. The third-order valence-corrected chi connectivity index (χ3v) is 5.69. The maximum absolute atomic E-state index is 9.10. The molecular weight excluding hydrogens is 356 g/mol. The number of rotatable bonds is 1. The minimum absolute atomic E-state index is 0.907. The van der Waals surface area contributed by atoms with E-state index in [-0.39, 0.29) is 0 Å². The summed E-state index contributed by atoms with van der Waals surface area (Å²) < 4.78 is 0. The van der Waals surface area contributed by atoms with Gasteiger partial charge in [0.2, 0.25) is 0 Å². The predicted octanol–water partition coefficient (Wildman–Crippen LogP) is 1.44. The molecule has 1 saturated heterocycles. The van der Waals surface area contributed by atoms with Crippen molar-refractivity contribution in [1.29, 1.82) is 0 Å². The summed E-state index contributed by atoms with van der Waals surface area (Å²) >= 11 is 1.90. The molecular formula is C17H22N4O4S. The first-order valence-corrected chi connectivity index (χ1v) is 9.49. The highest BCUT2D eigenvalue weighted by Gasteiger charge is 2.23. The van der Waals surface area contributed by atoms with Crippen LogP contribution in [0.2, 0.25) is 0 Å². The summed E-state index contributed by atoms with van der Waals surface area (Å²) in [5, 5.41) is 19.6. The van der Waals surface area contributed by atoms with Gasteiger partial charge in [0.05, 0.1) is 5.39 Å². The van der Waals surface area contributed by atoms with Crippen LogP contribution in [0.3, 0.4) is 0 Å². The fraction of sp³-hybridized carbons (Fsp3) is 0.529. The molecule has 1 aliphatic carbocycles. The van der Waals surface area contributed by atoms with Crippen molar-refractivity contribution in [3.63, 3.8) is 0 Å². The second kappa shape index (κ2) is 7.96. The van der Waals surface area contributed by atoms with Crippen molar-refractivity contribution >= 4 is 39.3 Å². The molecule has 0 bridgehead atoms. The van der Waals surface area contributed by atoms with E-state index in [1.165, 1.54) is 41.7 Å². The minimum Gasteiger partial charge on any atom is -0.473 e. The lowest BCUT2D eigenvalue weighted by atomic mass is 9.97. The number of carboxylic acids is 2. The lowest BCUT2D eigenvalue weighted by Crippen LogP contribution is -2.44. The fourth-order valence-corrected chi connectivity index (χ4v) is 4.65. The Hall–Kier alpha value is -2.26. The van der Waals surface area contributed by atoms with E-state index in [1.807, 2.05) is 18.3 Å². The van der Waals surface area contributed by atoms with Crippen LogP contribution < -0.4 is 10.2 Å². The van der Waals surface area contributed by atoms with Gasteiger partial charge >= 0.3 is 11.9 Å². The molecule has 4 rings (SSSR count). The van der Waals surface area contributed by atoms with Crippen molar-refractivity contribution in [2.45, 2.75) is 32.6 Å². The number of aliphatic carboxylic acids is 2. The molecule has 0 radical (unpaired) electrons. The quantitative estimate of drug-likeness (QED) is 0.639. The molecule has 0 amide bonds. The van der Waals surface area contributed by atoms with Gasteiger partial charge in [0.1, 0.15) is 16.5 Å². The van der Waals surface area contributed by atoms with Gasteiger partial charge < -0.3 is 20.4 Å². The third kappa shape index (κ3) is 3.94. The Morgan fingerprint density at radius 3 is 2.38 bits per heavy atom. The number of aryl methyl sites for hydroxylation is 3. The number of piperazine rings is 1. The Kier molecular flexibility index (Phi) is 5.67. The number of fused-ring (bicyclic) bond motifs is 3. The highest BCUT2D eigenvalue weighted by Crippen LogP contribution is 2.39. The molecule has 0 unspecified atom stereocenters. The van der Waals surface area contributed by atoms with Crippen molar-refractivity contribution in [3.05, 3.63) is 16.3 Å². The zero-order valence-electron chi connectivity index (χ0n) is 14.6. The van der Waals surface area contributed by atoms with E-state index in [4.69, 9.17) is 29.8 Å². The second-order valence-electron chi connectivity index (χ2n) is 6.33. The van der Waals surface area contributed by atoms with Crippen molar-refractivity contribution in [1.82, 2.24) is 15.3 Å². The van der Waals surface area contributed by atoms with Gasteiger partial charge in [0, 0.05) is 31.1 Å². The van der Waals surface area contributed by atoms with Gasteiger partial charge in [0.25, 0.3) is 0 Å². The lowest BCUT2D eigenvalue weighted by molar-refractivity contribution is -0.159. The van der Waals surface area contributed by atoms with Crippen molar-refractivity contribution in [3.8, 4) is 0 Å². The van der Waals surface area contributed by atoms with Gasteiger partial charge in [-0.1, -0.05) is 0 Å². The van der Waals surface area contributed by atoms with Gasteiger partial charge in [-0.05, 0) is 38.2 Å². The van der Waals surface area contributed by atoms with Crippen molar-refractivity contribution in [2.75, 3.05) is 31.1 Å². The number of hydrogen-bond acceptors (Lipinski definition) is 7. The summed E-state index contributed by atoms with van der Waals surface area (Å²) in [4.78, 5) is 32.9. The molecule has 140 valence electrons. The lowest BCUT2D eigenvalue weighted by Gasteiger charge is -2.29. The molecule has 9 heteroatoms. The van der Waals surface area contributed by atoms with Crippen molar-refractivity contribution < 1.29 is 19.8 Å². The summed E-state index contributed by atoms with van der Waals surface area (Å²) in [5.74, 6) is -1.55. The molecule has 26 heavy (non-hydrogen) atoms. The van der Waals surface area contributed by atoms with Crippen LogP contribution in [0.5, 0.6) is 0 Å². The molecule has 3 N–H and O–H groups in total. The molecule has 0 atom stereocenters. The highest BCUT2D eigenvalue weighted by molar-refractivity contribution is 7.19. The molecule has 1 aliphatic heterocycles. The van der Waals surface area contributed by atoms with Crippen LogP contribution in [0.25, 0.3) is 10.2 Å². The van der Waals surface area contributed by atoms with Crippen LogP contribution in [0.4, 0.5) is 5.82 Å². The smallest absolute Gasteiger partial charge is 0.414 e. The topological polar surface area (TPSA) is 116 Å². The second-order valence-corrected chi connectivity index (χ2v) is 7.42. The minimum atomic E-state index is -1.82. The zero-order valence-corrected chi connectivity index (χ0v) is 15.4. The van der Waals surface area contributed by atoms with Crippen LogP contribution >= 0.6 is 11.3 Å². The van der Waals surface area contributed by atoms with Gasteiger partial charge in [0.15, 0.2) is 0 Å². The predicted molar refractivity (Wildman–Crippen MR) is 99.1 cm³/mol. The summed E-state index contributed by atoms with van der Waals surface area (Å²) in [6.07, 6.45) is 5.08. The third-order valence-electron chi connectivity index (χ3n) is 4.51. The Morgan fingerprint density at radius 2 is 1.73 bits per heavy atom. The first-order valence-electron chi connectivity index (χ1n) is 8.68. The zero-order chi connectivity index (χ0) is 18.7. The van der Waals surface area contributed by atoms with Crippen molar-refractivity contribution in [2.24, 2.45) is 0 Å². The molecule has 2 aromatic heterocycles. The van der Waals surface area contributed by atoms with Crippen LogP contribution in [0.1, 0.15) is 29.1 Å². The molecule has 0 saturated carbocycles. The molecule has 2 aromatic rings. The SMILES string of the molecule is Cc1nc(N2CCNCC2)c2c3c(sc2n1)CCCC3.O=C(O)C(=O)O. The van der Waals surface area contributed by atoms with E-state index in [9.17, 15) is 0 Å². The molecule has 2 aliphatic rings. The van der Waals surface area contributed by atoms with Crippen LogP contribution in [0.15, 0.2) is 0 Å². The number of hydrogen-bond donors (Lipinski definition) is 3. The van der Waals surface area contributed by atoms with Gasteiger partial charge in [-0.2, -0.15) is 0 Å². The van der Waals surface area contributed by atoms with E-state index in [2.05, 4.69) is 10.2 Å². The Bertz CT molecular complexity index is 818. The van der Waals surface area contributed by atoms with E-state index in [0.29, 0.717) is 0 Å². The number of carboxylic acid groups (broad SMARTS) is 2. The first kappa shape index (κ1) is 18.5. The maximum atomic E-state index is 9.10. The standard InChI is InChI=1S/C15H20N4S.C2H2O4/c1-10-17-14(19-8-6-16-7-9-19)13-11-4-2-3-5-12(11)20-15(13)18-10;3-1(4)2(5)6/h16H,2-9H2,1H3;(H,3,4)(H,5,6). The van der Waals surface area contributed by atoms with Crippen LogP contribution in [-0.4, -0.2) is 58.3 Å².